The average Bonchev–Trinajstić information content (AvgIpc) is 2.73. The van der Waals surface area contributed by atoms with Crippen LogP contribution in [0.4, 0.5) is 0 Å². The fraction of sp³-hybridized carbons (Fsp3) is 0.400. The van der Waals surface area contributed by atoms with Crippen molar-refractivity contribution in [1.82, 2.24) is 4.90 Å². The van der Waals surface area contributed by atoms with Crippen molar-refractivity contribution < 1.29 is 4.79 Å². The summed E-state index contributed by atoms with van der Waals surface area (Å²) in [4.78, 5) is 15.4. The molecule has 2 nitrogen and oxygen atoms in total. The molecule has 0 aliphatic heterocycles. The van der Waals surface area contributed by atoms with Crippen LogP contribution in [0, 0.1) is 0 Å². The van der Waals surface area contributed by atoms with E-state index in [0.29, 0.717) is 6.42 Å². The molecule has 3 rings (SSSR count). The van der Waals surface area contributed by atoms with Crippen LogP contribution in [-0.2, 0) is 0 Å². The SMILES string of the molecule is CCCCN(CCCC)CCC(=O)c1ccc2cc(Br)c3ccccc3c2c1. The van der Waals surface area contributed by atoms with Crippen molar-refractivity contribution >= 4 is 43.3 Å². The number of carbonyl (C=O) groups excluding carboxylic acids is 1. The standard InChI is InChI=1S/C25H30BrNO/c1-3-5-14-27(15-6-4-2)16-13-25(28)20-12-11-19-18-24(26)22-10-8-7-9-21(22)23(19)17-20/h7-12,17-18H,3-6,13-16H2,1-2H3. The topological polar surface area (TPSA) is 20.3 Å². The zero-order chi connectivity index (χ0) is 19.9. The van der Waals surface area contributed by atoms with Gasteiger partial charge < -0.3 is 4.90 Å². The van der Waals surface area contributed by atoms with E-state index in [9.17, 15) is 4.79 Å². The number of rotatable bonds is 10. The van der Waals surface area contributed by atoms with Crippen molar-refractivity contribution in [2.75, 3.05) is 19.6 Å². The highest BCUT2D eigenvalue weighted by molar-refractivity contribution is 9.10. The van der Waals surface area contributed by atoms with Crippen LogP contribution in [0.1, 0.15) is 56.3 Å². The summed E-state index contributed by atoms with van der Waals surface area (Å²) in [6.07, 6.45) is 5.39. The van der Waals surface area contributed by atoms with Crippen LogP contribution < -0.4 is 0 Å². The summed E-state index contributed by atoms with van der Waals surface area (Å²) in [6.45, 7) is 7.50. The van der Waals surface area contributed by atoms with E-state index in [0.717, 1.165) is 40.4 Å². The predicted molar refractivity (Wildman–Crippen MR) is 124 cm³/mol. The minimum Gasteiger partial charge on any atom is -0.303 e. The zero-order valence-corrected chi connectivity index (χ0v) is 18.6. The first-order valence-corrected chi connectivity index (χ1v) is 11.3. The van der Waals surface area contributed by atoms with Crippen molar-refractivity contribution in [2.24, 2.45) is 0 Å². The number of ketones is 1. The van der Waals surface area contributed by atoms with Crippen LogP contribution >= 0.6 is 15.9 Å². The van der Waals surface area contributed by atoms with Gasteiger partial charge in [-0.1, -0.05) is 79.0 Å². The Morgan fingerprint density at radius 1 is 0.857 bits per heavy atom. The first-order chi connectivity index (χ1) is 13.6. The van der Waals surface area contributed by atoms with E-state index >= 15 is 0 Å². The Kier molecular flexibility index (Phi) is 7.64. The maximum absolute atomic E-state index is 12.9. The molecule has 0 aromatic heterocycles. The number of halogens is 1. The summed E-state index contributed by atoms with van der Waals surface area (Å²) < 4.78 is 1.09. The van der Waals surface area contributed by atoms with Gasteiger partial charge >= 0.3 is 0 Å². The smallest absolute Gasteiger partial charge is 0.164 e. The van der Waals surface area contributed by atoms with Crippen LogP contribution in [0.3, 0.4) is 0 Å². The van der Waals surface area contributed by atoms with E-state index in [-0.39, 0.29) is 5.78 Å². The maximum Gasteiger partial charge on any atom is 0.164 e. The Bertz CT molecular complexity index is 942. The second-order valence-corrected chi connectivity index (χ2v) is 8.42. The summed E-state index contributed by atoms with van der Waals surface area (Å²) >= 11 is 3.67. The van der Waals surface area contributed by atoms with Gasteiger partial charge in [0.2, 0.25) is 0 Å². The molecule has 3 aromatic carbocycles. The molecule has 0 saturated carbocycles. The third kappa shape index (κ3) is 5.01. The number of hydrogen-bond acceptors (Lipinski definition) is 2. The summed E-state index contributed by atoms with van der Waals surface area (Å²) in [7, 11) is 0. The Labute approximate surface area is 177 Å². The van der Waals surface area contributed by atoms with Gasteiger partial charge in [0.1, 0.15) is 0 Å². The molecule has 0 atom stereocenters. The second kappa shape index (κ2) is 10.2. The van der Waals surface area contributed by atoms with Gasteiger partial charge in [-0.25, -0.2) is 0 Å². The molecular weight excluding hydrogens is 410 g/mol. The van der Waals surface area contributed by atoms with Gasteiger partial charge in [0.25, 0.3) is 0 Å². The monoisotopic (exact) mass is 439 g/mol. The molecule has 148 valence electrons. The Hall–Kier alpha value is -1.71. The van der Waals surface area contributed by atoms with Gasteiger partial charge in [0.05, 0.1) is 0 Å². The Morgan fingerprint density at radius 2 is 1.54 bits per heavy atom. The highest BCUT2D eigenvalue weighted by atomic mass is 79.9. The molecule has 0 fully saturated rings. The van der Waals surface area contributed by atoms with Crippen LogP contribution in [-0.4, -0.2) is 30.3 Å². The fourth-order valence-corrected chi connectivity index (χ4v) is 4.32. The molecule has 0 spiro atoms. The molecule has 0 amide bonds. The van der Waals surface area contributed by atoms with Crippen LogP contribution in [0.5, 0.6) is 0 Å². The van der Waals surface area contributed by atoms with Crippen molar-refractivity contribution in [3.05, 3.63) is 58.6 Å². The lowest BCUT2D eigenvalue weighted by Gasteiger charge is -2.21. The van der Waals surface area contributed by atoms with Gasteiger partial charge in [-0.15, -0.1) is 0 Å². The molecule has 0 heterocycles. The first kappa shape index (κ1) is 21.0. The minimum absolute atomic E-state index is 0.242. The third-order valence-corrected chi connectivity index (χ3v) is 6.10. The van der Waals surface area contributed by atoms with Gasteiger partial charge in [-0.2, -0.15) is 0 Å². The highest BCUT2D eigenvalue weighted by Crippen LogP contribution is 2.32. The molecule has 0 N–H and O–H groups in total. The predicted octanol–water partition coefficient (Wildman–Crippen LogP) is 7.23. The average molecular weight is 440 g/mol. The molecule has 0 unspecified atom stereocenters. The lowest BCUT2D eigenvalue weighted by Crippen LogP contribution is -2.28. The normalized spacial score (nSPS) is 11.6. The van der Waals surface area contributed by atoms with Crippen molar-refractivity contribution in [2.45, 2.75) is 46.0 Å². The summed E-state index contributed by atoms with van der Waals surface area (Å²) in [5.74, 6) is 0.242. The number of benzene rings is 3. The summed E-state index contributed by atoms with van der Waals surface area (Å²) in [6, 6.07) is 16.6. The number of Topliss-reactive ketones (excluding diaryl/α,β-unsaturated/α-hetero) is 1. The van der Waals surface area contributed by atoms with Gasteiger partial charge in [0, 0.05) is 23.0 Å². The molecule has 0 aliphatic carbocycles. The van der Waals surface area contributed by atoms with E-state index in [4.69, 9.17) is 0 Å². The molecule has 0 saturated heterocycles. The Balaban J connectivity index is 1.79. The lowest BCUT2D eigenvalue weighted by molar-refractivity contribution is 0.0963. The van der Waals surface area contributed by atoms with Crippen LogP contribution in [0.2, 0.25) is 0 Å². The van der Waals surface area contributed by atoms with E-state index in [2.05, 4.69) is 77.1 Å². The largest absolute Gasteiger partial charge is 0.303 e. The van der Waals surface area contributed by atoms with E-state index in [1.54, 1.807) is 0 Å². The molecule has 3 aromatic rings. The van der Waals surface area contributed by atoms with Gasteiger partial charge in [-0.05, 0) is 59.6 Å². The summed E-state index contributed by atoms with van der Waals surface area (Å²) in [5.41, 5.74) is 0.825. The maximum atomic E-state index is 12.9. The number of nitrogens with zero attached hydrogens (tertiary/aromatic N) is 1. The van der Waals surface area contributed by atoms with Crippen LogP contribution in [0.25, 0.3) is 21.5 Å². The van der Waals surface area contributed by atoms with Crippen molar-refractivity contribution in [3.8, 4) is 0 Å². The van der Waals surface area contributed by atoms with E-state index < -0.39 is 0 Å². The molecule has 0 aliphatic rings. The zero-order valence-electron chi connectivity index (χ0n) is 17.0. The minimum atomic E-state index is 0.242. The molecule has 28 heavy (non-hydrogen) atoms. The molecule has 0 bridgehead atoms. The van der Waals surface area contributed by atoms with Crippen molar-refractivity contribution in [3.63, 3.8) is 0 Å². The van der Waals surface area contributed by atoms with E-state index in [1.807, 2.05) is 6.07 Å². The lowest BCUT2D eigenvalue weighted by atomic mass is 9.98. The third-order valence-electron chi connectivity index (χ3n) is 5.44. The van der Waals surface area contributed by atoms with Crippen LogP contribution in [0.15, 0.2) is 53.0 Å². The Morgan fingerprint density at radius 3 is 2.21 bits per heavy atom. The highest BCUT2D eigenvalue weighted by Gasteiger charge is 2.12. The molecule has 3 heteroatoms. The number of fused-ring (bicyclic) bond motifs is 3. The first-order valence-electron chi connectivity index (χ1n) is 10.5. The molecular formula is C25H30BrNO. The number of carbonyl (C=O) groups is 1. The molecule has 0 radical (unpaired) electrons. The van der Waals surface area contributed by atoms with Gasteiger partial charge in [0.15, 0.2) is 5.78 Å². The number of hydrogen-bond donors (Lipinski definition) is 0. The second-order valence-electron chi connectivity index (χ2n) is 7.56. The van der Waals surface area contributed by atoms with Gasteiger partial charge in [-0.3, -0.25) is 4.79 Å². The fourth-order valence-electron chi connectivity index (χ4n) is 3.73. The summed E-state index contributed by atoms with van der Waals surface area (Å²) in [5, 5.41) is 4.69. The van der Waals surface area contributed by atoms with Crippen molar-refractivity contribution in [1.29, 1.82) is 0 Å². The number of unbranched alkanes of at least 4 members (excludes halogenated alkanes) is 2. The van der Waals surface area contributed by atoms with E-state index in [1.165, 1.54) is 36.5 Å². The quantitative estimate of drug-likeness (QED) is 0.245.